The number of hydrogen-bond acceptors (Lipinski definition) is 3. The number of aromatic nitrogens is 2. The summed E-state index contributed by atoms with van der Waals surface area (Å²) in [5.41, 5.74) is 3.57. The van der Waals surface area contributed by atoms with Crippen molar-refractivity contribution in [2.45, 2.75) is 6.92 Å². The minimum absolute atomic E-state index is 0.455. The van der Waals surface area contributed by atoms with E-state index in [1.807, 2.05) is 25.1 Å². The van der Waals surface area contributed by atoms with Crippen LogP contribution in [0.15, 0.2) is 36.5 Å². The third-order valence-corrected chi connectivity index (χ3v) is 3.56. The molecule has 106 valence electrons. The molecule has 0 aliphatic carbocycles. The molecule has 3 rings (SSSR count). The number of ether oxygens (including phenoxy) is 1. The summed E-state index contributed by atoms with van der Waals surface area (Å²) in [5.74, 6) is 0.679. The average Bonchev–Trinajstić information content (AvgIpc) is 2.84. The molecule has 0 radical (unpaired) electrons. The smallest absolute Gasteiger partial charge is 0.169 e. The Morgan fingerprint density at radius 2 is 2.10 bits per heavy atom. The normalized spacial score (nSPS) is 10.8. The second-order valence-electron chi connectivity index (χ2n) is 4.74. The van der Waals surface area contributed by atoms with Crippen LogP contribution in [0.5, 0.6) is 5.75 Å². The van der Waals surface area contributed by atoms with Crippen LogP contribution >= 0.6 is 11.6 Å². The van der Waals surface area contributed by atoms with Crippen LogP contribution in [0, 0.1) is 6.92 Å². The van der Waals surface area contributed by atoms with Crippen molar-refractivity contribution in [2.24, 2.45) is 0 Å². The highest BCUT2D eigenvalue weighted by molar-refractivity contribution is 6.30. The molecule has 0 unspecified atom stereocenters. The van der Waals surface area contributed by atoms with Gasteiger partial charge in [0.15, 0.2) is 6.29 Å². The van der Waals surface area contributed by atoms with E-state index in [4.69, 9.17) is 16.3 Å². The van der Waals surface area contributed by atoms with E-state index in [9.17, 15) is 4.79 Å². The molecule has 21 heavy (non-hydrogen) atoms. The number of imidazole rings is 1. The molecule has 3 aromatic rings. The minimum Gasteiger partial charge on any atom is -0.496 e. The lowest BCUT2D eigenvalue weighted by molar-refractivity contribution is 0.111. The molecule has 0 atom stereocenters. The van der Waals surface area contributed by atoms with Crippen LogP contribution in [0.2, 0.25) is 5.02 Å². The van der Waals surface area contributed by atoms with Gasteiger partial charge < -0.3 is 4.74 Å². The molecule has 1 aromatic carbocycles. The summed E-state index contributed by atoms with van der Waals surface area (Å²) in [6, 6.07) is 9.30. The SMILES string of the molecule is COc1ccc(C)cc1-c1nc2ccc(Cl)cn2c1C=O. The highest BCUT2D eigenvalue weighted by atomic mass is 35.5. The number of aldehydes is 1. The predicted octanol–water partition coefficient (Wildman–Crippen LogP) is 3.78. The molecule has 2 aromatic heterocycles. The molecule has 0 aliphatic rings. The topological polar surface area (TPSA) is 43.6 Å². The maximum absolute atomic E-state index is 11.5. The lowest BCUT2D eigenvalue weighted by Crippen LogP contribution is -1.94. The van der Waals surface area contributed by atoms with Crippen molar-refractivity contribution in [3.8, 4) is 17.0 Å². The number of carbonyl (C=O) groups is 1. The zero-order valence-corrected chi connectivity index (χ0v) is 12.4. The van der Waals surface area contributed by atoms with Crippen molar-refractivity contribution < 1.29 is 9.53 Å². The van der Waals surface area contributed by atoms with Gasteiger partial charge in [-0.15, -0.1) is 0 Å². The molecule has 0 saturated carbocycles. The van der Waals surface area contributed by atoms with E-state index < -0.39 is 0 Å². The van der Waals surface area contributed by atoms with Crippen LogP contribution in [-0.4, -0.2) is 22.8 Å². The summed E-state index contributed by atoms with van der Waals surface area (Å²) in [6.45, 7) is 1.98. The zero-order chi connectivity index (χ0) is 15.0. The van der Waals surface area contributed by atoms with Gasteiger partial charge in [-0.25, -0.2) is 4.98 Å². The first-order chi connectivity index (χ1) is 10.1. The highest BCUT2D eigenvalue weighted by Gasteiger charge is 2.17. The van der Waals surface area contributed by atoms with Gasteiger partial charge in [-0.3, -0.25) is 9.20 Å². The van der Waals surface area contributed by atoms with E-state index >= 15 is 0 Å². The first kappa shape index (κ1) is 13.6. The van der Waals surface area contributed by atoms with Crippen molar-refractivity contribution in [3.05, 3.63) is 52.8 Å². The second kappa shape index (κ2) is 5.22. The van der Waals surface area contributed by atoms with E-state index in [0.717, 1.165) is 17.4 Å². The molecule has 0 N–H and O–H groups in total. The first-order valence-electron chi connectivity index (χ1n) is 6.42. The Kier molecular flexibility index (Phi) is 3.39. The molecule has 2 heterocycles. The third-order valence-electron chi connectivity index (χ3n) is 3.34. The van der Waals surface area contributed by atoms with Crippen molar-refractivity contribution >= 4 is 23.5 Å². The molecule has 0 spiro atoms. The van der Waals surface area contributed by atoms with E-state index in [-0.39, 0.29) is 0 Å². The van der Waals surface area contributed by atoms with E-state index in [1.165, 1.54) is 0 Å². The molecular formula is C16H13ClN2O2. The van der Waals surface area contributed by atoms with Gasteiger partial charge in [-0.1, -0.05) is 23.2 Å². The van der Waals surface area contributed by atoms with Gasteiger partial charge in [0.1, 0.15) is 22.8 Å². The lowest BCUT2D eigenvalue weighted by Gasteiger charge is -2.08. The van der Waals surface area contributed by atoms with Crippen LogP contribution in [0.25, 0.3) is 16.9 Å². The Bertz CT molecular complexity index is 840. The molecule has 5 heteroatoms. The largest absolute Gasteiger partial charge is 0.496 e. The standard InChI is InChI=1S/C16H13ClN2O2/c1-10-3-5-14(21-2)12(7-10)16-13(9-20)19-8-11(17)4-6-15(19)18-16/h3-9H,1-2H3. The fourth-order valence-corrected chi connectivity index (χ4v) is 2.52. The van der Waals surface area contributed by atoms with Crippen molar-refractivity contribution in [1.29, 1.82) is 0 Å². The number of halogens is 1. The van der Waals surface area contributed by atoms with Crippen molar-refractivity contribution in [1.82, 2.24) is 9.38 Å². The Labute approximate surface area is 126 Å². The van der Waals surface area contributed by atoms with Crippen molar-refractivity contribution in [3.63, 3.8) is 0 Å². The number of methoxy groups -OCH3 is 1. The molecule has 0 bridgehead atoms. The molecule has 0 aliphatic heterocycles. The van der Waals surface area contributed by atoms with E-state index in [0.29, 0.717) is 27.8 Å². The summed E-state index contributed by atoms with van der Waals surface area (Å²) in [5, 5.41) is 0.547. The Morgan fingerprint density at radius 1 is 1.29 bits per heavy atom. The zero-order valence-electron chi connectivity index (χ0n) is 11.6. The van der Waals surface area contributed by atoms with Crippen LogP contribution < -0.4 is 4.74 Å². The number of fused-ring (bicyclic) bond motifs is 1. The van der Waals surface area contributed by atoms with E-state index in [2.05, 4.69) is 4.98 Å². The number of aryl methyl sites for hydroxylation is 1. The Morgan fingerprint density at radius 3 is 2.81 bits per heavy atom. The number of pyridine rings is 1. The summed E-state index contributed by atoms with van der Waals surface area (Å²) in [4.78, 5) is 16.1. The second-order valence-corrected chi connectivity index (χ2v) is 5.18. The number of nitrogens with zero attached hydrogens (tertiary/aromatic N) is 2. The Hall–Kier alpha value is -2.33. The maximum Gasteiger partial charge on any atom is 0.169 e. The number of rotatable bonds is 3. The highest BCUT2D eigenvalue weighted by Crippen LogP contribution is 2.33. The summed E-state index contributed by atoms with van der Waals surface area (Å²) in [7, 11) is 1.60. The lowest BCUT2D eigenvalue weighted by atomic mass is 10.1. The third kappa shape index (κ3) is 2.28. The number of carbonyl (C=O) groups excluding carboxylic acids is 1. The molecular weight excluding hydrogens is 288 g/mol. The molecule has 0 saturated heterocycles. The summed E-state index contributed by atoms with van der Waals surface area (Å²) < 4.78 is 7.07. The van der Waals surface area contributed by atoms with Gasteiger partial charge in [0, 0.05) is 11.8 Å². The first-order valence-corrected chi connectivity index (χ1v) is 6.79. The molecule has 0 amide bonds. The van der Waals surface area contributed by atoms with Crippen LogP contribution in [0.3, 0.4) is 0 Å². The van der Waals surface area contributed by atoms with Gasteiger partial charge in [-0.2, -0.15) is 0 Å². The predicted molar refractivity (Wildman–Crippen MR) is 82.3 cm³/mol. The van der Waals surface area contributed by atoms with Crippen molar-refractivity contribution in [2.75, 3.05) is 7.11 Å². The van der Waals surface area contributed by atoms with Gasteiger partial charge in [0.2, 0.25) is 0 Å². The van der Waals surface area contributed by atoms with Gasteiger partial charge in [0.25, 0.3) is 0 Å². The summed E-state index contributed by atoms with van der Waals surface area (Å²) >= 11 is 6.00. The van der Waals surface area contributed by atoms with Gasteiger partial charge >= 0.3 is 0 Å². The fraction of sp³-hybridized carbons (Fsp3) is 0.125. The van der Waals surface area contributed by atoms with Gasteiger partial charge in [-0.05, 0) is 31.2 Å². The van der Waals surface area contributed by atoms with E-state index in [1.54, 1.807) is 29.8 Å². The summed E-state index contributed by atoms with van der Waals surface area (Å²) in [6.07, 6.45) is 2.47. The van der Waals surface area contributed by atoms with Gasteiger partial charge in [0.05, 0.1) is 12.1 Å². The monoisotopic (exact) mass is 300 g/mol. The fourth-order valence-electron chi connectivity index (χ4n) is 2.35. The molecule has 4 nitrogen and oxygen atoms in total. The number of hydrogen-bond donors (Lipinski definition) is 0. The number of benzene rings is 1. The average molecular weight is 301 g/mol. The quantitative estimate of drug-likeness (QED) is 0.691. The Balaban J connectivity index is 2.35. The maximum atomic E-state index is 11.5. The molecule has 0 fully saturated rings. The van der Waals surface area contributed by atoms with Crippen LogP contribution in [-0.2, 0) is 0 Å². The van der Waals surface area contributed by atoms with Crippen LogP contribution in [0.1, 0.15) is 16.1 Å². The minimum atomic E-state index is 0.455. The van der Waals surface area contributed by atoms with Crippen LogP contribution in [0.4, 0.5) is 0 Å².